The van der Waals surface area contributed by atoms with Crippen molar-refractivity contribution in [2.45, 2.75) is 18.6 Å². The topological polar surface area (TPSA) is 46.6 Å². The van der Waals surface area contributed by atoms with Gasteiger partial charge >= 0.3 is 0 Å². The first-order valence-electron chi connectivity index (χ1n) is 18.6. The Morgan fingerprint density at radius 1 is 0.537 bits per heavy atom. The highest BCUT2D eigenvalue weighted by atomic mass is 15.2. The number of rotatable bonds is 5. The van der Waals surface area contributed by atoms with E-state index in [1.807, 2.05) is 18.2 Å². The lowest BCUT2D eigenvalue weighted by Gasteiger charge is -2.27. The van der Waals surface area contributed by atoms with Gasteiger partial charge in [-0.1, -0.05) is 140 Å². The lowest BCUT2D eigenvalue weighted by atomic mass is 9.99. The van der Waals surface area contributed by atoms with Gasteiger partial charge in [-0.2, -0.15) is 0 Å². The van der Waals surface area contributed by atoms with E-state index < -0.39 is 0 Å². The van der Waals surface area contributed by atoms with Gasteiger partial charge in [-0.15, -0.1) is 0 Å². The fourth-order valence-electron chi connectivity index (χ4n) is 8.51. The first-order valence-corrected chi connectivity index (χ1v) is 18.6. The number of nitrogens with zero attached hydrogens (tertiary/aromatic N) is 4. The van der Waals surface area contributed by atoms with E-state index in [4.69, 9.17) is 9.98 Å². The summed E-state index contributed by atoms with van der Waals surface area (Å²) in [6.07, 6.45) is 7.57. The molecule has 5 heteroatoms. The van der Waals surface area contributed by atoms with Crippen molar-refractivity contribution in [1.82, 2.24) is 14.5 Å². The van der Waals surface area contributed by atoms with Gasteiger partial charge in [0.05, 0.1) is 22.6 Å². The standard InChI is InChI=1S/C49H35N5/c1-3-14-33(15-4-1)47-50-48(52-49(51-47)36-24-23-32-13-7-8-16-35(32)29-36)34-25-27-38(28-26-34)54-44-22-12-10-20-40(44)42-30-45-41(31-46(42)54)39-19-9-11-21-43(39)53(45)37-17-5-2-6-18-37/h1-27,29-31,38,48H,28H2,(H,50,51,52). The predicted molar refractivity (Wildman–Crippen MR) is 225 cm³/mol. The molecule has 3 heterocycles. The SMILES string of the molecule is C1=CC(n2c3ccccc3c3cc4c(cc32)c2ccccc2n4-c2ccccc2)CC=C1C1N=C(c2ccccc2)N=C(c2ccc3ccccc3c2)N1. The van der Waals surface area contributed by atoms with Crippen molar-refractivity contribution >= 4 is 66.1 Å². The minimum Gasteiger partial charge on any atom is -0.344 e. The summed E-state index contributed by atoms with van der Waals surface area (Å²) < 4.78 is 4.94. The summed E-state index contributed by atoms with van der Waals surface area (Å²) in [6, 6.07) is 58.6. The van der Waals surface area contributed by atoms with Crippen molar-refractivity contribution in [2.24, 2.45) is 9.98 Å². The van der Waals surface area contributed by atoms with Crippen LogP contribution in [0.5, 0.6) is 0 Å². The Balaban J connectivity index is 0.998. The maximum Gasteiger partial charge on any atom is 0.159 e. The van der Waals surface area contributed by atoms with E-state index in [-0.39, 0.29) is 12.2 Å². The zero-order valence-corrected chi connectivity index (χ0v) is 29.5. The van der Waals surface area contributed by atoms with Gasteiger partial charge < -0.3 is 14.5 Å². The first-order chi connectivity index (χ1) is 26.8. The number of para-hydroxylation sites is 3. The van der Waals surface area contributed by atoms with Crippen LogP contribution in [0.4, 0.5) is 0 Å². The van der Waals surface area contributed by atoms with Crippen molar-refractivity contribution in [3.8, 4) is 5.69 Å². The third-order valence-corrected chi connectivity index (χ3v) is 11.1. The number of hydrogen-bond donors (Lipinski definition) is 1. The van der Waals surface area contributed by atoms with E-state index in [1.165, 1.54) is 60.1 Å². The number of benzene rings is 7. The smallest absolute Gasteiger partial charge is 0.159 e. The number of nitrogens with one attached hydrogen (secondary N) is 1. The summed E-state index contributed by atoms with van der Waals surface area (Å²) in [5.41, 5.74) is 9.29. The lowest BCUT2D eigenvalue weighted by molar-refractivity contribution is 0.630. The maximum absolute atomic E-state index is 5.18. The third kappa shape index (κ3) is 4.93. The van der Waals surface area contributed by atoms with Crippen LogP contribution in [0.3, 0.4) is 0 Å². The Kier molecular flexibility index (Phi) is 6.99. The van der Waals surface area contributed by atoms with E-state index in [0.717, 1.165) is 34.8 Å². The Hall–Kier alpha value is -6.98. The number of hydrogen-bond acceptors (Lipinski definition) is 3. The zero-order chi connectivity index (χ0) is 35.6. The molecule has 0 saturated carbocycles. The highest BCUT2D eigenvalue weighted by Crippen LogP contribution is 2.41. The molecule has 1 aliphatic heterocycles. The molecule has 5 nitrogen and oxygen atoms in total. The lowest BCUT2D eigenvalue weighted by Crippen LogP contribution is -2.40. The van der Waals surface area contributed by atoms with Gasteiger partial charge in [-0.25, -0.2) is 9.98 Å². The molecule has 256 valence electrons. The van der Waals surface area contributed by atoms with Gasteiger partial charge in [-0.05, 0) is 65.2 Å². The molecule has 11 rings (SSSR count). The quantitative estimate of drug-likeness (QED) is 0.192. The average Bonchev–Trinajstić information content (AvgIpc) is 3.75. The summed E-state index contributed by atoms with van der Waals surface area (Å²) in [5, 5.41) is 11.2. The Labute approximate surface area is 312 Å². The largest absolute Gasteiger partial charge is 0.344 e. The Bertz CT molecular complexity index is 3050. The van der Waals surface area contributed by atoms with Gasteiger partial charge in [0.25, 0.3) is 0 Å². The van der Waals surface area contributed by atoms with Crippen LogP contribution in [0, 0.1) is 0 Å². The number of fused-ring (bicyclic) bond motifs is 7. The normalized spacial score (nSPS) is 17.2. The van der Waals surface area contributed by atoms with E-state index in [9.17, 15) is 0 Å². The second kappa shape index (κ2) is 12.3. The molecule has 2 aromatic heterocycles. The molecule has 2 unspecified atom stereocenters. The highest BCUT2D eigenvalue weighted by Gasteiger charge is 2.26. The van der Waals surface area contributed by atoms with Crippen LogP contribution in [-0.2, 0) is 0 Å². The molecule has 0 amide bonds. The number of aromatic nitrogens is 2. The van der Waals surface area contributed by atoms with Crippen LogP contribution in [0.15, 0.2) is 198 Å². The van der Waals surface area contributed by atoms with Crippen LogP contribution >= 0.6 is 0 Å². The molecule has 2 aliphatic rings. The van der Waals surface area contributed by atoms with Crippen molar-refractivity contribution in [2.75, 3.05) is 0 Å². The van der Waals surface area contributed by atoms with Crippen molar-refractivity contribution in [1.29, 1.82) is 0 Å². The van der Waals surface area contributed by atoms with Crippen molar-refractivity contribution in [3.05, 3.63) is 199 Å². The van der Waals surface area contributed by atoms with Gasteiger partial charge in [-0.3, -0.25) is 0 Å². The summed E-state index contributed by atoms with van der Waals surface area (Å²) in [5.74, 6) is 1.57. The summed E-state index contributed by atoms with van der Waals surface area (Å²) >= 11 is 0. The fourth-order valence-corrected chi connectivity index (χ4v) is 8.51. The van der Waals surface area contributed by atoms with E-state index in [1.54, 1.807) is 0 Å². The molecule has 0 bridgehead atoms. The van der Waals surface area contributed by atoms with Crippen LogP contribution in [0.25, 0.3) is 60.1 Å². The number of aliphatic imine (C=N–C) groups is 2. The van der Waals surface area contributed by atoms with Crippen LogP contribution in [0.2, 0.25) is 0 Å². The molecule has 0 radical (unpaired) electrons. The summed E-state index contributed by atoms with van der Waals surface area (Å²) in [6.45, 7) is 0. The van der Waals surface area contributed by atoms with Crippen molar-refractivity contribution < 1.29 is 0 Å². The maximum atomic E-state index is 5.18. The Morgan fingerprint density at radius 2 is 1.20 bits per heavy atom. The predicted octanol–water partition coefficient (Wildman–Crippen LogP) is 11.3. The van der Waals surface area contributed by atoms with Gasteiger partial charge in [0, 0.05) is 43.9 Å². The minimum absolute atomic E-state index is 0.144. The van der Waals surface area contributed by atoms with Crippen LogP contribution < -0.4 is 5.32 Å². The molecular formula is C49H35N5. The summed E-state index contributed by atoms with van der Waals surface area (Å²) in [7, 11) is 0. The van der Waals surface area contributed by atoms with E-state index in [0.29, 0.717) is 0 Å². The van der Waals surface area contributed by atoms with Crippen LogP contribution in [-0.4, -0.2) is 27.0 Å². The van der Waals surface area contributed by atoms with Crippen molar-refractivity contribution in [3.63, 3.8) is 0 Å². The van der Waals surface area contributed by atoms with Gasteiger partial charge in [0.1, 0.15) is 12.0 Å². The third-order valence-electron chi connectivity index (χ3n) is 11.1. The molecule has 1 N–H and O–H groups in total. The zero-order valence-electron chi connectivity index (χ0n) is 29.5. The molecule has 7 aromatic carbocycles. The first kappa shape index (κ1) is 30.6. The molecule has 9 aromatic rings. The molecule has 1 aliphatic carbocycles. The fraction of sp³-hybridized carbons (Fsp3) is 0.0612. The molecule has 0 fully saturated rings. The molecule has 54 heavy (non-hydrogen) atoms. The second-order valence-corrected chi connectivity index (χ2v) is 14.2. The van der Waals surface area contributed by atoms with Gasteiger partial charge in [0.15, 0.2) is 5.84 Å². The van der Waals surface area contributed by atoms with E-state index in [2.05, 4.69) is 178 Å². The van der Waals surface area contributed by atoms with Crippen LogP contribution in [0.1, 0.15) is 23.6 Å². The number of amidine groups is 2. The Morgan fingerprint density at radius 3 is 2.00 bits per heavy atom. The minimum atomic E-state index is -0.265. The molecule has 0 saturated heterocycles. The molecule has 0 spiro atoms. The van der Waals surface area contributed by atoms with E-state index >= 15 is 0 Å². The molecule has 2 atom stereocenters. The highest BCUT2D eigenvalue weighted by molar-refractivity contribution is 6.18. The summed E-state index contributed by atoms with van der Waals surface area (Å²) in [4.78, 5) is 10.2. The van der Waals surface area contributed by atoms with Gasteiger partial charge in [0.2, 0.25) is 0 Å². The number of allylic oxidation sites excluding steroid dienone is 2. The average molecular weight is 694 g/mol. The monoisotopic (exact) mass is 693 g/mol. The molecular weight excluding hydrogens is 659 g/mol. The second-order valence-electron chi connectivity index (χ2n) is 14.2.